The molecule has 12 rings (SSSR count). The Kier molecular flexibility index (Phi) is 7.82. The van der Waals surface area contributed by atoms with Gasteiger partial charge in [0.25, 0.3) is 6.85 Å². The molecule has 4 aliphatic rings. The van der Waals surface area contributed by atoms with Gasteiger partial charge >= 0.3 is 0 Å². The molecule has 0 unspecified atom stereocenters. The van der Waals surface area contributed by atoms with Crippen molar-refractivity contribution in [1.82, 2.24) is 9.97 Å². The van der Waals surface area contributed by atoms with Gasteiger partial charge in [-0.05, 0) is 48.5 Å². The Morgan fingerprint density at radius 2 is 0.842 bits per heavy atom. The molecule has 0 fully saturated rings. The van der Waals surface area contributed by atoms with Crippen LogP contribution in [0.1, 0.15) is 0 Å². The molecule has 274 valence electrons. The Morgan fingerprint density at radius 1 is 0.404 bits per heavy atom. The first-order valence-corrected chi connectivity index (χ1v) is 18.8. The van der Waals surface area contributed by atoms with Gasteiger partial charge in [0.05, 0.1) is 0 Å². The molecule has 57 heavy (non-hydrogen) atoms. The molecule has 0 saturated carbocycles. The monoisotopic (exact) mass is 821 g/mol. The molecule has 0 bridgehead atoms. The molecule has 0 saturated heterocycles. The van der Waals surface area contributed by atoms with Crippen molar-refractivity contribution < 1.29 is 20.4 Å². The smallest absolute Gasteiger partial charge is 0.278 e. The topological polar surface area (TPSA) is 42.0 Å². The van der Waals surface area contributed by atoms with E-state index in [2.05, 4.69) is 189 Å². The average Bonchev–Trinajstić information content (AvgIpc) is 3.86. The molecule has 0 N–H and O–H groups in total. The second-order valence-corrected chi connectivity index (χ2v) is 14.2. The zero-order valence-electron chi connectivity index (χ0n) is 30.3. The summed E-state index contributed by atoms with van der Waals surface area (Å²) in [6.45, 7) is 4.04. The molecule has 9 heteroatoms. The minimum absolute atomic E-state index is 0. The average molecular weight is 822 g/mol. The van der Waals surface area contributed by atoms with Crippen LogP contribution in [0, 0.1) is 25.5 Å². The number of anilines is 10. The number of para-hydroxylation sites is 6. The van der Waals surface area contributed by atoms with Crippen LogP contribution in [0.25, 0.3) is 22.3 Å². The second kappa shape index (κ2) is 13.2. The molecule has 1 aromatic heterocycles. The van der Waals surface area contributed by atoms with Crippen molar-refractivity contribution in [2.24, 2.45) is 0 Å². The van der Waals surface area contributed by atoms with Crippen molar-refractivity contribution in [3.8, 4) is 22.3 Å². The minimum Gasteiger partial charge on any atom is -0.493 e. The fourth-order valence-corrected chi connectivity index (χ4v) is 8.75. The molecule has 0 atom stereocenters. The standard InChI is InChI=1S/C48H30BN7.Pd/c1-3-13-33(14-4-1)52-31-53(46-22-12-11-21-45(46)52)35-23-25-37-39-17-7-9-19-43(39)56-44-20-10-8-18-40(44)38-26-24-36(30-42(38)49(56)41(37)29-35)55-32-54(34-15-5-2-6-16-34)47-48(55)51-28-27-50-47;/h1-28,31-32H;/q-4;. The van der Waals surface area contributed by atoms with Gasteiger partial charge in [0.2, 0.25) is 0 Å². The summed E-state index contributed by atoms with van der Waals surface area (Å²) in [5, 5.41) is 0. The number of hydrogen-bond donors (Lipinski definition) is 0. The summed E-state index contributed by atoms with van der Waals surface area (Å²) < 4.78 is 0. The van der Waals surface area contributed by atoms with Gasteiger partial charge in [-0.1, -0.05) is 96.1 Å². The maximum absolute atomic E-state index is 4.83. The van der Waals surface area contributed by atoms with E-state index in [1.165, 1.54) is 16.7 Å². The zero-order valence-corrected chi connectivity index (χ0v) is 31.9. The van der Waals surface area contributed by atoms with Gasteiger partial charge in [0.1, 0.15) is 11.6 Å². The SMILES string of the molecule is [Pd].[c-]1c(N2[CH-]N(c3ccccc3)c3ccccc32)ccc2c1B1c3[c-]c(N4[CH-]N(c5ccccc5)c5nccnc54)ccc3-c3ccccc3N1c1ccccc1-2. The van der Waals surface area contributed by atoms with Crippen molar-refractivity contribution in [3.05, 3.63) is 196 Å². The van der Waals surface area contributed by atoms with E-state index in [-0.39, 0.29) is 27.3 Å². The predicted octanol–water partition coefficient (Wildman–Crippen LogP) is 9.80. The number of nitrogens with zero attached hydrogens (tertiary/aromatic N) is 7. The molecule has 0 amide bonds. The van der Waals surface area contributed by atoms with Gasteiger partial charge in [0, 0.05) is 66.9 Å². The van der Waals surface area contributed by atoms with E-state index in [1.807, 2.05) is 18.2 Å². The Balaban J connectivity index is 0.00000374. The van der Waals surface area contributed by atoms with Crippen molar-refractivity contribution in [3.63, 3.8) is 0 Å². The molecule has 5 heterocycles. The quantitative estimate of drug-likeness (QED) is 0.129. The van der Waals surface area contributed by atoms with E-state index < -0.39 is 0 Å². The zero-order chi connectivity index (χ0) is 36.7. The molecule has 0 aliphatic carbocycles. The maximum Gasteiger partial charge on any atom is 0.278 e. The molecule has 0 radical (unpaired) electrons. The van der Waals surface area contributed by atoms with Crippen LogP contribution in [-0.2, 0) is 20.4 Å². The fourth-order valence-electron chi connectivity index (χ4n) is 8.75. The largest absolute Gasteiger partial charge is 0.493 e. The van der Waals surface area contributed by atoms with Crippen LogP contribution in [0.5, 0.6) is 0 Å². The van der Waals surface area contributed by atoms with Gasteiger partial charge in [-0.15, -0.1) is 48.0 Å². The van der Waals surface area contributed by atoms with E-state index in [1.54, 1.807) is 12.4 Å². The second-order valence-electron chi connectivity index (χ2n) is 14.2. The van der Waals surface area contributed by atoms with Gasteiger partial charge < -0.3 is 24.4 Å². The summed E-state index contributed by atoms with van der Waals surface area (Å²) in [4.78, 5) is 20.8. The molecular formula is C48H30BN7Pd-4. The van der Waals surface area contributed by atoms with Crippen LogP contribution in [-0.4, -0.2) is 16.8 Å². The summed E-state index contributed by atoms with van der Waals surface area (Å²) in [5.41, 5.74) is 15.4. The number of rotatable bonds is 4. The first-order chi connectivity index (χ1) is 27.8. The molecule has 0 spiro atoms. The van der Waals surface area contributed by atoms with E-state index in [0.717, 1.165) is 73.6 Å². The van der Waals surface area contributed by atoms with Crippen LogP contribution in [0.15, 0.2) is 170 Å². The third kappa shape index (κ3) is 5.10. The fraction of sp³-hybridized carbons (Fsp3) is 0. The van der Waals surface area contributed by atoms with Crippen molar-refractivity contribution in [2.75, 3.05) is 24.4 Å². The van der Waals surface area contributed by atoms with Gasteiger partial charge in [-0.2, -0.15) is 35.2 Å². The first-order valence-electron chi connectivity index (χ1n) is 18.8. The van der Waals surface area contributed by atoms with Crippen molar-refractivity contribution in [2.45, 2.75) is 0 Å². The molecule has 7 aromatic carbocycles. The normalized spacial score (nSPS) is 14.2. The maximum atomic E-state index is 4.83. The number of fused-ring (bicyclic) bond motifs is 13. The van der Waals surface area contributed by atoms with Crippen LogP contribution in [0.3, 0.4) is 0 Å². The van der Waals surface area contributed by atoms with Crippen LogP contribution in [0.4, 0.5) is 57.1 Å². The van der Waals surface area contributed by atoms with E-state index in [9.17, 15) is 0 Å². The van der Waals surface area contributed by atoms with Gasteiger partial charge in [-0.25, -0.2) is 9.97 Å². The van der Waals surface area contributed by atoms with E-state index >= 15 is 0 Å². The number of hydrogen-bond acceptors (Lipinski definition) is 7. The molecular weight excluding hydrogens is 792 g/mol. The van der Waals surface area contributed by atoms with Crippen molar-refractivity contribution in [1.29, 1.82) is 0 Å². The Morgan fingerprint density at radius 3 is 1.42 bits per heavy atom. The number of benzene rings is 7. The summed E-state index contributed by atoms with van der Waals surface area (Å²) in [5.74, 6) is 1.54. The Bertz CT molecular complexity index is 2640. The van der Waals surface area contributed by atoms with E-state index in [0.29, 0.717) is 0 Å². The molecule has 4 aliphatic heterocycles. The van der Waals surface area contributed by atoms with Gasteiger partial charge in [0.15, 0.2) is 0 Å². The summed E-state index contributed by atoms with van der Waals surface area (Å²) in [6, 6.07) is 63.7. The van der Waals surface area contributed by atoms with Crippen LogP contribution in [0.2, 0.25) is 0 Å². The summed E-state index contributed by atoms with van der Waals surface area (Å²) in [6.07, 6.45) is 3.50. The van der Waals surface area contributed by atoms with E-state index in [4.69, 9.17) is 9.97 Å². The van der Waals surface area contributed by atoms with Gasteiger partial charge in [-0.3, -0.25) is 0 Å². The van der Waals surface area contributed by atoms with Crippen LogP contribution >= 0.6 is 0 Å². The first kappa shape index (κ1) is 33.7. The minimum atomic E-state index is -0.207. The third-order valence-electron chi connectivity index (χ3n) is 11.2. The summed E-state index contributed by atoms with van der Waals surface area (Å²) >= 11 is 0. The number of aromatic nitrogens is 2. The summed E-state index contributed by atoms with van der Waals surface area (Å²) in [7, 11) is 0. The predicted molar refractivity (Wildman–Crippen MR) is 227 cm³/mol. The van der Waals surface area contributed by atoms with Crippen molar-refractivity contribution >= 4 is 74.9 Å². The van der Waals surface area contributed by atoms with Crippen LogP contribution < -0.4 is 35.3 Å². The Labute approximate surface area is 345 Å². The Hall–Kier alpha value is -6.65. The molecule has 8 aromatic rings. The molecule has 7 nitrogen and oxygen atoms in total. The third-order valence-corrected chi connectivity index (χ3v) is 11.2.